The number of carbonyl (C=O) groups is 1. The van der Waals surface area contributed by atoms with Crippen molar-refractivity contribution in [1.82, 2.24) is 4.90 Å². The minimum atomic E-state index is -0.282. The number of anilines is 1. The molecule has 116 valence electrons. The molecule has 6 nitrogen and oxygen atoms in total. The highest BCUT2D eigenvalue weighted by Gasteiger charge is 2.14. The van der Waals surface area contributed by atoms with Crippen LogP contribution < -0.4 is 5.32 Å². The molecule has 0 aromatic heterocycles. The molecule has 0 saturated carbocycles. The van der Waals surface area contributed by atoms with E-state index in [2.05, 4.69) is 5.32 Å². The molecule has 1 aromatic rings. The second kappa shape index (κ2) is 8.22. The minimum Gasteiger partial charge on any atom is -0.345 e. The quantitative estimate of drug-likeness (QED) is 0.842. The third kappa shape index (κ3) is 4.09. The normalized spacial score (nSPS) is 9.04. The number of benzene rings is 1. The van der Waals surface area contributed by atoms with Gasteiger partial charge in [-0.1, -0.05) is 0 Å². The molecule has 0 bridgehead atoms. The summed E-state index contributed by atoms with van der Waals surface area (Å²) in [6.07, 6.45) is 0. The van der Waals surface area contributed by atoms with Gasteiger partial charge in [-0.25, -0.2) is 0 Å². The van der Waals surface area contributed by atoms with Crippen LogP contribution in [0, 0.1) is 40.9 Å². The Kier molecular flexibility index (Phi) is 6.34. The minimum absolute atomic E-state index is 0.0598. The molecule has 0 heterocycles. The summed E-state index contributed by atoms with van der Waals surface area (Å²) in [5, 5.41) is 29.5. The van der Waals surface area contributed by atoms with Gasteiger partial charge in [-0.3, -0.25) is 4.79 Å². The van der Waals surface area contributed by atoms with Gasteiger partial charge >= 0.3 is 0 Å². The van der Waals surface area contributed by atoms with Gasteiger partial charge < -0.3 is 10.2 Å². The van der Waals surface area contributed by atoms with Crippen LogP contribution in [0.4, 0.5) is 5.69 Å². The molecule has 23 heavy (non-hydrogen) atoms. The summed E-state index contributed by atoms with van der Waals surface area (Å²) in [4.78, 5) is 14.0. The van der Waals surface area contributed by atoms with Gasteiger partial charge in [-0.2, -0.15) is 15.8 Å². The Morgan fingerprint density at radius 1 is 1.13 bits per heavy atom. The van der Waals surface area contributed by atoms with Crippen molar-refractivity contribution in [2.24, 2.45) is 0 Å². The maximum atomic E-state index is 12.3. The largest absolute Gasteiger partial charge is 0.345 e. The standard InChI is InChI=1S/C17H17N5O/c1-4-22(5-2)17(23)13-6-7-15(12(3)8-13)21-16(11-20)14(9-18)10-19/h6-8,21H,4-5H2,1-3H3. The summed E-state index contributed by atoms with van der Waals surface area (Å²) in [6, 6.07) is 10.2. The van der Waals surface area contributed by atoms with Crippen LogP contribution in [0.2, 0.25) is 0 Å². The predicted molar refractivity (Wildman–Crippen MR) is 85.9 cm³/mol. The Morgan fingerprint density at radius 3 is 2.17 bits per heavy atom. The number of amides is 1. The molecule has 0 aliphatic heterocycles. The first-order valence-corrected chi connectivity index (χ1v) is 7.13. The number of carbonyl (C=O) groups excluding carboxylic acids is 1. The van der Waals surface area contributed by atoms with Crippen LogP contribution in [0.3, 0.4) is 0 Å². The van der Waals surface area contributed by atoms with Crippen LogP contribution in [0.25, 0.3) is 0 Å². The maximum Gasteiger partial charge on any atom is 0.253 e. The lowest BCUT2D eigenvalue weighted by atomic mass is 10.1. The van der Waals surface area contributed by atoms with Crippen LogP contribution >= 0.6 is 0 Å². The SMILES string of the molecule is CCN(CC)C(=O)c1ccc(NC(C#N)=C(C#N)C#N)c(C)c1. The molecule has 1 rings (SSSR count). The molecule has 1 amide bonds. The third-order valence-electron chi connectivity index (χ3n) is 3.37. The van der Waals surface area contributed by atoms with Crippen LogP contribution in [-0.2, 0) is 0 Å². The van der Waals surface area contributed by atoms with E-state index in [9.17, 15) is 4.79 Å². The van der Waals surface area contributed by atoms with Gasteiger partial charge in [0.25, 0.3) is 5.91 Å². The van der Waals surface area contributed by atoms with Crippen molar-refractivity contribution in [2.75, 3.05) is 18.4 Å². The smallest absolute Gasteiger partial charge is 0.253 e. The molecule has 0 aliphatic rings. The number of aryl methyl sites for hydroxylation is 1. The van der Waals surface area contributed by atoms with E-state index in [-0.39, 0.29) is 17.2 Å². The van der Waals surface area contributed by atoms with Gasteiger partial charge in [0.2, 0.25) is 0 Å². The summed E-state index contributed by atoms with van der Waals surface area (Å²) in [5.41, 5.74) is 1.47. The summed E-state index contributed by atoms with van der Waals surface area (Å²) < 4.78 is 0. The van der Waals surface area contributed by atoms with Crippen molar-refractivity contribution in [2.45, 2.75) is 20.8 Å². The number of nitriles is 3. The number of hydrogen-bond donors (Lipinski definition) is 1. The van der Waals surface area contributed by atoms with Crippen molar-refractivity contribution < 1.29 is 4.79 Å². The highest BCUT2D eigenvalue weighted by Crippen LogP contribution is 2.20. The summed E-state index contributed by atoms with van der Waals surface area (Å²) in [6.45, 7) is 6.88. The zero-order valence-electron chi connectivity index (χ0n) is 13.3. The van der Waals surface area contributed by atoms with E-state index in [0.29, 0.717) is 24.3 Å². The number of nitrogens with zero attached hydrogens (tertiary/aromatic N) is 4. The molecule has 1 N–H and O–H groups in total. The number of hydrogen-bond acceptors (Lipinski definition) is 5. The molecule has 0 spiro atoms. The second-order valence-corrected chi connectivity index (χ2v) is 4.72. The van der Waals surface area contributed by atoms with Crippen molar-refractivity contribution in [3.8, 4) is 18.2 Å². The fourth-order valence-electron chi connectivity index (χ4n) is 2.05. The Balaban J connectivity index is 3.14. The summed E-state index contributed by atoms with van der Waals surface area (Å²) in [5.74, 6) is -0.0598. The molecule has 0 aliphatic carbocycles. The first kappa shape index (κ1) is 17.8. The lowest BCUT2D eigenvalue weighted by Gasteiger charge is -2.19. The van der Waals surface area contributed by atoms with Crippen molar-refractivity contribution >= 4 is 11.6 Å². The van der Waals surface area contributed by atoms with Gasteiger partial charge in [0.15, 0.2) is 5.57 Å². The molecule has 0 unspecified atom stereocenters. The number of rotatable bonds is 5. The van der Waals surface area contributed by atoms with Gasteiger partial charge in [0, 0.05) is 24.3 Å². The summed E-state index contributed by atoms with van der Waals surface area (Å²) >= 11 is 0. The topological polar surface area (TPSA) is 104 Å². The van der Waals surface area contributed by atoms with E-state index in [1.54, 1.807) is 48.2 Å². The third-order valence-corrected chi connectivity index (χ3v) is 3.37. The van der Waals surface area contributed by atoms with Crippen LogP contribution in [0.15, 0.2) is 29.5 Å². The molecule has 0 fully saturated rings. The van der Waals surface area contributed by atoms with Crippen LogP contribution in [-0.4, -0.2) is 23.9 Å². The Bertz CT molecular complexity index is 739. The number of nitrogens with one attached hydrogen (secondary N) is 1. The fraction of sp³-hybridized carbons (Fsp3) is 0.294. The predicted octanol–water partition coefficient (Wildman–Crippen LogP) is 2.71. The van der Waals surface area contributed by atoms with Gasteiger partial charge in [-0.15, -0.1) is 0 Å². The van der Waals surface area contributed by atoms with E-state index in [0.717, 1.165) is 5.56 Å². The average Bonchev–Trinajstić information content (AvgIpc) is 2.57. The second-order valence-electron chi connectivity index (χ2n) is 4.72. The van der Waals surface area contributed by atoms with E-state index >= 15 is 0 Å². The zero-order chi connectivity index (χ0) is 17.4. The summed E-state index contributed by atoms with van der Waals surface area (Å²) in [7, 11) is 0. The van der Waals surface area contributed by atoms with E-state index < -0.39 is 0 Å². The lowest BCUT2D eigenvalue weighted by Crippen LogP contribution is -2.30. The first-order chi connectivity index (χ1) is 11.0. The molecule has 1 aromatic carbocycles. The van der Waals surface area contributed by atoms with E-state index in [4.69, 9.17) is 15.8 Å². The van der Waals surface area contributed by atoms with Gasteiger partial charge in [-0.05, 0) is 44.5 Å². The van der Waals surface area contributed by atoms with Gasteiger partial charge in [0.1, 0.15) is 23.9 Å². The lowest BCUT2D eigenvalue weighted by molar-refractivity contribution is 0.0773. The average molecular weight is 307 g/mol. The Labute approximate surface area is 135 Å². The van der Waals surface area contributed by atoms with Crippen molar-refractivity contribution in [3.63, 3.8) is 0 Å². The highest BCUT2D eigenvalue weighted by molar-refractivity contribution is 5.95. The van der Waals surface area contributed by atoms with E-state index in [1.807, 2.05) is 13.8 Å². The Morgan fingerprint density at radius 2 is 1.74 bits per heavy atom. The zero-order valence-corrected chi connectivity index (χ0v) is 13.3. The van der Waals surface area contributed by atoms with Gasteiger partial charge in [0.05, 0.1) is 0 Å². The fourth-order valence-corrected chi connectivity index (χ4v) is 2.05. The van der Waals surface area contributed by atoms with E-state index in [1.165, 1.54) is 0 Å². The molecule has 0 atom stereocenters. The highest BCUT2D eigenvalue weighted by atomic mass is 16.2. The van der Waals surface area contributed by atoms with Crippen LogP contribution in [0.1, 0.15) is 29.8 Å². The molecule has 0 saturated heterocycles. The molecular formula is C17H17N5O. The Hall–Kier alpha value is -3.30. The molecule has 6 heteroatoms. The van der Waals surface area contributed by atoms with Crippen LogP contribution in [0.5, 0.6) is 0 Å². The van der Waals surface area contributed by atoms with Crippen molar-refractivity contribution in [3.05, 3.63) is 40.6 Å². The monoisotopic (exact) mass is 307 g/mol. The molecule has 0 radical (unpaired) electrons. The maximum absolute atomic E-state index is 12.3. The number of allylic oxidation sites excluding steroid dienone is 2. The molecular weight excluding hydrogens is 290 g/mol. The van der Waals surface area contributed by atoms with Crippen molar-refractivity contribution in [1.29, 1.82) is 15.8 Å². The first-order valence-electron chi connectivity index (χ1n) is 7.13.